The zero-order valence-corrected chi connectivity index (χ0v) is 14.4. The average molecular weight is 360 g/mol. The molecule has 7 heteroatoms. The van der Waals surface area contributed by atoms with E-state index in [-0.39, 0.29) is 23.2 Å². The molecule has 0 bridgehead atoms. The number of aromatic amines is 1. The number of thioether (sulfide) groups is 1. The Labute approximate surface area is 147 Å². The van der Waals surface area contributed by atoms with Crippen molar-refractivity contribution in [3.05, 3.63) is 53.1 Å². The number of carbonyl (C=O) groups is 1. The van der Waals surface area contributed by atoms with Crippen LogP contribution in [-0.2, 0) is 4.79 Å². The van der Waals surface area contributed by atoms with Crippen molar-refractivity contribution in [3.8, 4) is 5.88 Å². The first-order valence-corrected chi connectivity index (χ1v) is 8.54. The number of aromatic hydroxyl groups is 1. The fraction of sp³-hybridized carbons (Fsp3) is 0.118. The van der Waals surface area contributed by atoms with E-state index in [0.29, 0.717) is 5.02 Å². The summed E-state index contributed by atoms with van der Waals surface area (Å²) in [6.45, 7) is 1.92. The van der Waals surface area contributed by atoms with Crippen LogP contribution in [0.2, 0.25) is 5.02 Å². The summed E-state index contributed by atoms with van der Waals surface area (Å²) in [5.41, 5.74) is 2.04. The molecule has 24 heavy (non-hydrogen) atoms. The van der Waals surface area contributed by atoms with E-state index in [1.54, 1.807) is 12.1 Å². The highest BCUT2D eigenvalue weighted by Gasteiger charge is 2.12. The lowest BCUT2D eigenvalue weighted by Gasteiger charge is -1.98. The number of nitrogens with one attached hydrogen (secondary N) is 1. The summed E-state index contributed by atoms with van der Waals surface area (Å²) in [5, 5.41) is 19.0. The highest BCUT2D eigenvalue weighted by molar-refractivity contribution is 8.00. The van der Waals surface area contributed by atoms with E-state index >= 15 is 0 Å². The third kappa shape index (κ3) is 3.60. The Bertz CT molecular complexity index is 919. The zero-order chi connectivity index (χ0) is 17.1. The maximum absolute atomic E-state index is 11.9. The van der Waals surface area contributed by atoms with Crippen molar-refractivity contribution in [1.82, 2.24) is 4.98 Å². The summed E-state index contributed by atoms with van der Waals surface area (Å²) in [6.07, 6.45) is 0. The number of nitrogens with zero attached hydrogens (tertiary/aromatic N) is 2. The molecule has 0 atom stereocenters. The number of hydrogen-bond acceptors (Lipinski definition) is 4. The number of hydrogen-bond donors (Lipinski definition) is 2. The first-order valence-electron chi connectivity index (χ1n) is 7.18. The van der Waals surface area contributed by atoms with E-state index in [1.807, 2.05) is 37.3 Å². The third-order valence-electron chi connectivity index (χ3n) is 3.43. The first kappa shape index (κ1) is 16.5. The van der Waals surface area contributed by atoms with Gasteiger partial charge in [-0.25, -0.2) is 0 Å². The Kier molecular flexibility index (Phi) is 4.87. The quantitative estimate of drug-likeness (QED) is 0.494. The summed E-state index contributed by atoms with van der Waals surface area (Å²) in [6, 6.07) is 12.8. The van der Waals surface area contributed by atoms with Gasteiger partial charge in [-0.15, -0.1) is 22.0 Å². The number of halogens is 1. The van der Waals surface area contributed by atoms with E-state index in [2.05, 4.69) is 15.2 Å². The normalized spacial score (nSPS) is 11.4. The van der Waals surface area contributed by atoms with E-state index in [0.717, 1.165) is 21.4 Å². The molecule has 1 amide bonds. The molecule has 0 spiro atoms. The average Bonchev–Trinajstić information content (AvgIpc) is 2.89. The lowest BCUT2D eigenvalue weighted by atomic mass is 10.1. The first-order chi connectivity index (χ1) is 11.5. The molecule has 0 radical (unpaired) electrons. The molecule has 0 unspecified atom stereocenters. The maximum atomic E-state index is 11.9. The molecule has 0 saturated carbocycles. The number of rotatable bonds is 4. The van der Waals surface area contributed by atoms with Gasteiger partial charge in [-0.1, -0.05) is 29.8 Å². The van der Waals surface area contributed by atoms with Gasteiger partial charge in [0.05, 0.1) is 11.3 Å². The molecule has 0 fully saturated rings. The SMILES string of the molecule is Cc1cccc2c(N=NC(=O)CSc3ccc(Cl)cc3)c(O)[nH]c12. The Morgan fingerprint density at radius 2 is 2.00 bits per heavy atom. The Hall–Kier alpha value is -2.31. The molecule has 5 nitrogen and oxygen atoms in total. The number of carbonyl (C=O) groups excluding carboxylic acids is 1. The van der Waals surface area contributed by atoms with Crippen LogP contribution in [-0.4, -0.2) is 21.8 Å². The fourth-order valence-corrected chi connectivity index (χ4v) is 3.05. The van der Waals surface area contributed by atoms with Crippen LogP contribution < -0.4 is 0 Å². The van der Waals surface area contributed by atoms with E-state index in [4.69, 9.17) is 11.6 Å². The number of para-hydroxylation sites is 1. The summed E-state index contributed by atoms with van der Waals surface area (Å²) in [5.74, 6) is -0.314. The van der Waals surface area contributed by atoms with Crippen LogP contribution in [0.1, 0.15) is 5.56 Å². The van der Waals surface area contributed by atoms with Gasteiger partial charge in [-0.05, 0) is 36.8 Å². The van der Waals surface area contributed by atoms with E-state index < -0.39 is 0 Å². The van der Waals surface area contributed by atoms with Crippen LogP contribution in [0.15, 0.2) is 57.6 Å². The Balaban J connectivity index is 1.71. The number of benzene rings is 2. The van der Waals surface area contributed by atoms with Crippen LogP contribution in [0.5, 0.6) is 5.88 Å². The monoisotopic (exact) mass is 359 g/mol. The number of H-pyrrole nitrogens is 1. The molecule has 0 aliphatic carbocycles. The van der Waals surface area contributed by atoms with Crippen molar-refractivity contribution >= 4 is 45.9 Å². The molecule has 0 saturated heterocycles. The van der Waals surface area contributed by atoms with Crippen LogP contribution in [0.25, 0.3) is 10.9 Å². The summed E-state index contributed by atoms with van der Waals surface area (Å²) in [7, 11) is 0. The van der Waals surface area contributed by atoms with Gasteiger partial charge in [0.2, 0.25) is 5.88 Å². The summed E-state index contributed by atoms with van der Waals surface area (Å²) in [4.78, 5) is 15.7. The van der Waals surface area contributed by atoms with Gasteiger partial charge in [0.25, 0.3) is 5.91 Å². The molecule has 122 valence electrons. The second-order valence-corrected chi connectivity index (χ2v) is 6.64. The molecule has 0 aliphatic rings. The van der Waals surface area contributed by atoms with Crippen molar-refractivity contribution in [1.29, 1.82) is 0 Å². The number of aromatic nitrogens is 1. The highest BCUT2D eigenvalue weighted by Crippen LogP contribution is 2.36. The summed E-state index contributed by atoms with van der Waals surface area (Å²) >= 11 is 7.17. The van der Waals surface area contributed by atoms with Crippen LogP contribution in [0.3, 0.4) is 0 Å². The largest absolute Gasteiger partial charge is 0.493 e. The van der Waals surface area contributed by atoms with Crippen LogP contribution in [0, 0.1) is 6.92 Å². The second kappa shape index (κ2) is 7.07. The minimum absolute atomic E-state index is 0.0961. The number of azo groups is 1. The van der Waals surface area contributed by atoms with Gasteiger partial charge in [0.15, 0.2) is 5.69 Å². The summed E-state index contributed by atoms with van der Waals surface area (Å²) < 4.78 is 0. The van der Waals surface area contributed by atoms with Crippen LogP contribution in [0.4, 0.5) is 5.69 Å². The molecular weight excluding hydrogens is 346 g/mol. The zero-order valence-electron chi connectivity index (χ0n) is 12.8. The van der Waals surface area contributed by atoms with Gasteiger partial charge in [-0.3, -0.25) is 4.79 Å². The lowest BCUT2D eigenvalue weighted by Crippen LogP contribution is -1.95. The molecule has 3 rings (SSSR count). The molecule has 2 N–H and O–H groups in total. The van der Waals surface area contributed by atoms with Gasteiger partial charge < -0.3 is 10.1 Å². The Morgan fingerprint density at radius 3 is 2.75 bits per heavy atom. The van der Waals surface area contributed by atoms with Crippen molar-refractivity contribution in [3.63, 3.8) is 0 Å². The molecular formula is C17H14ClN3O2S. The minimum atomic E-state index is -0.378. The molecule has 0 aliphatic heterocycles. The maximum Gasteiger partial charge on any atom is 0.274 e. The standard InChI is InChI=1S/C17H14ClN3O2S/c1-10-3-2-4-13-15(10)19-17(23)16(13)21-20-14(22)9-24-12-7-5-11(18)6-8-12/h2-8,19,23H,9H2,1H3. The van der Waals surface area contributed by atoms with Gasteiger partial charge in [0.1, 0.15) is 0 Å². The molecule has 3 aromatic rings. The number of amides is 1. The van der Waals surface area contributed by atoms with Gasteiger partial charge >= 0.3 is 0 Å². The van der Waals surface area contributed by atoms with Crippen molar-refractivity contribution in [2.24, 2.45) is 10.2 Å². The van der Waals surface area contributed by atoms with Gasteiger partial charge in [0, 0.05) is 15.3 Å². The van der Waals surface area contributed by atoms with Crippen molar-refractivity contribution < 1.29 is 9.90 Å². The smallest absolute Gasteiger partial charge is 0.274 e. The van der Waals surface area contributed by atoms with Crippen LogP contribution >= 0.6 is 23.4 Å². The third-order valence-corrected chi connectivity index (χ3v) is 4.68. The lowest BCUT2D eigenvalue weighted by molar-refractivity contribution is -0.115. The van der Waals surface area contributed by atoms with E-state index in [9.17, 15) is 9.90 Å². The van der Waals surface area contributed by atoms with Crippen molar-refractivity contribution in [2.75, 3.05) is 5.75 Å². The second-order valence-electron chi connectivity index (χ2n) is 5.16. The topological polar surface area (TPSA) is 77.8 Å². The minimum Gasteiger partial charge on any atom is -0.493 e. The fourth-order valence-electron chi connectivity index (χ4n) is 2.25. The molecule has 1 heterocycles. The highest BCUT2D eigenvalue weighted by atomic mass is 35.5. The van der Waals surface area contributed by atoms with Gasteiger partial charge in [-0.2, -0.15) is 0 Å². The number of fused-ring (bicyclic) bond motifs is 1. The predicted molar refractivity (Wildman–Crippen MR) is 96.4 cm³/mol. The molecule has 2 aromatic carbocycles. The molecule has 1 aromatic heterocycles. The Morgan fingerprint density at radius 1 is 1.25 bits per heavy atom. The van der Waals surface area contributed by atoms with E-state index in [1.165, 1.54) is 11.8 Å². The number of aryl methyl sites for hydroxylation is 1. The predicted octanol–water partition coefficient (Wildman–Crippen LogP) is 5.24. The van der Waals surface area contributed by atoms with Crippen molar-refractivity contribution in [2.45, 2.75) is 11.8 Å².